The summed E-state index contributed by atoms with van der Waals surface area (Å²) in [7, 11) is 1.45. The highest BCUT2D eigenvalue weighted by Gasteiger charge is 2.37. The Morgan fingerprint density at radius 2 is 0.855 bits per heavy atom. The summed E-state index contributed by atoms with van der Waals surface area (Å²) >= 11 is 0. The zero-order chi connectivity index (χ0) is 39.7. The number of esters is 2. The Balaban J connectivity index is 1.96. The second kappa shape index (κ2) is 41.0. The molecule has 0 heterocycles. The van der Waals surface area contributed by atoms with Gasteiger partial charge in [-0.15, -0.1) is 0 Å². The van der Waals surface area contributed by atoms with Gasteiger partial charge in [0.05, 0.1) is 26.2 Å². The van der Waals surface area contributed by atoms with Gasteiger partial charge in [0.25, 0.3) is 0 Å². The first kappa shape index (κ1) is 51.9. The van der Waals surface area contributed by atoms with Gasteiger partial charge in [0, 0.05) is 32.7 Å². The van der Waals surface area contributed by atoms with Crippen molar-refractivity contribution < 1.29 is 23.8 Å². The average molecular weight is 778 g/mol. The molecule has 0 spiro atoms. The Hall–Kier alpha value is -1.14. The van der Waals surface area contributed by atoms with Gasteiger partial charge in [0.2, 0.25) is 0 Å². The second-order valence-electron chi connectivity index (χ2n) is 17.3. The summed E-state index contributed by atoms with van der Waals surface area (Å²) < 4.78 is 16.6. The number of hydrogen-bond donors (Lipinski definition) is 0. The maximum atomic E-state index is 12.3. The Labute approximate surface area is 343 Å². The van der Waals surface area contributed by atoms with Crippen molar-refractivity contribution in [2.45, 2.75) is 258 Å². The topological polar surface area (TPSA) is 65.1 Å². The van der Waals surface area contributed by atoms with Crippen LogP contribution in [0, 0.1) is 5.92 Å². The van der Waals surface area contributed by atoms with Crippen LogP contribution in [0.1, 0.15) is 251 Å². The Kier molecular flexibility index (Phi) is 38.7. The van der Waals surface area contributed by atoms with Crippen LogP contribution in [-0.2, 0) is 23.8 Å². The van der Waals surface area contributed by atoms with Gasteiger partial charge in [-0.1, -0.05) is 206 Å². The summed E-state index contributed by atoms with van der Waals surface area (Å²) in [6.45, 7) is 8.18. The van der Waals surface area contributed by atoms with E-state index in [2.05, 4.69) is 18.7 Å². The highest BCUT2D eigenvalue weighted by Crippen LogP contribution is 2.38. The standard InChI is InChI=1S/C49H95NO5/c1-4-6-8-10-12-14-16-18-20-22-24-26-28-30-32-34-38-49(52)55-44-36-41-50(42-39-48(51)53-3)40-35-43-54-47-45-46(47)37-33-31-29-27-25-23-21-19-17-15-13-11-9-7-5-2/h46-47H,4-45H2,1-3H3. The molecule has 2 atom stereocenters. The summed E-state index contributed by atoms with van der Waals surface area (Å²) in [5, 5.41) is 0. The molecule has 0 N–H and O–H groups in total. The van der Waals surface area contributed by atoms with E-state index < -0.39 is 0 Å². The molecule has 2 unspecified atom stereocenters. The highest BCUT2D eigenvalue weighted by molar-refractivity contribution is 5.69. The quantitative estimate of drug-likeness (QED) is 0.0453. The first-order valence-electron chi connectivity index (χ1n) is 24.7. The van der Waals surface area contributed by atoms with Crippen molar-refractivity contribution in [2.24, 2.45) is 5.92 Å². The van der Waals surface area contributed by atoms with Crippen molar-refractivity contribution in [1.29, 1.82) is 0 Å². The zero-order valence-corrected chi connectivity index (χ0v) is 37.3. The van der Waals surface area contributed by atoms with Crippen molar-refractivity contribution in [2.75, 3.05) is 40.0 Å². The molecule has 6 nitrogen and oxygen atoms in total. The van der Waals surface area contributed by atoms with Crippen molar-refractivity contribution in [3.05, 3.63) is 0 Å². The van der Waals surface area contributed by atoms with Crippen molar-refractivity contribution in [1.82, 2.24) is 4.90 Å². The predicted molar refractivity (Wildman–Crippen MR) is 235 cm³/mol. The van der Waals surface area contributed by atoms with E-state index in [-0.39, 0.29) is 11.9 Å². The molecular weight excluding hydrogens is 683 g/mol. The van der Waals surface area contributed by atoms with Crippen LogP contribution >= 0.6 is 0 Å². The first-order chi connectivity index (χ1) is 27.1. The molecule has 1 fully saturated rings. The fourth-order valence-corrected chi connectivity index (χ4v) is 8.08. The maximum Gasteiger partial charge on any atom is 0.306 e. The number of unbranched alkanes of at least 4 members (excludes halogenated alkanes) is 29. The molecule has 1 saturated carbocycles. The first-order valence-corrected chi connectivity index (χ1v) is 24.7. The van der Waals surface area contributed by atoms with Gasteiger partial charge in [-0.3, -0.25) is 9.59 Å². The van der Waals surface area contributed by atoms with E-state index in [0.717, 1.165) is 51.3 Å². The van der Waals surface area contributed by atoms with Gasteiger partial charge in [-0.2, -0.15) is 0 Å². The third-order valence-corrected chi connectivity index (χ3v) is 12.0. The van der Waals surface area contributed by atoms with Crippen LogP contribution in [0.15, 0.2) is 0 Å². The Morgan fingerprint density at radius 1 is 0.455 bits per heavy atom. The molecule has 0 aromatic carbocycles. The van der Waals surface area contributed by atoms with E-state index in [9.17, 15) is 9.59 Å². The fraction of sp³-hybridized carbons (Fsp3) is 0.959. The lowest BCUT2D eigenvalue weighted by Crippen LogP contribution is -2.30. The number of carbonyl (C=O) groups excluding carboxylic acids is 2. The number of ether oxygens (including phenoxy) is 3. The summed E-state index contributed by atoms with van der Waals surface area (Å²) in [6.07, 6.45) is 48.3. The molecule has 6 heteroatoms. The van der Waals surface area contributed by atoms with Crippen LogP contribution in [0.4, 0.5) is 0 Å². The van der Waals surface area contributed by atoms with E-state index in [4.69, 9.17) is 14.2 Å². The molecule has 0 aliphatic heterocycles. The maximum absolute atomic E-state index is 12.3. The van der Waals surface area contributed by atoms with Crippen molar-refractivity contribution in [3.63, 3.8) is 0 Å². The van der Waals surface area contributed by atoms with Crippen LogP contribution in [0.2, 0.25) is 0 Å². The minimum atomic E-state index is -0.175. The summed E-state index contributed by atoms with van der Waals surface area (Å²) in [4.78, 5) is 26.4. The number of hydrogen-bond acceptors (Lipinski definition) is 6. The van der Waals surface area contributed by atoms with E-state index in [1.807, 2.05) is 0 Å². The lowest BCUT2D eigenvalue weighted by Gasteiger charge is -2.21. The van der Waals surface area contributed by atoms with Crippen LogP contribution in [-0.4, -0.2) is 62.9 Å². The van der Waals surface area contributed by atoms with E-state index in [0.29, 0.717) is 32.1 Å². The third-order valence-electron chi connectivity index (χ3n) is 12.0. The highest BCUT2D eigenvalue weighted by atomic mass is 16.5. The molecule has 0 bridgehead atoms. The molecule has 55 heavy (non-hydrogen) atoms. The minimum absolute atomic E-state index is 0.0665. The minimum Gasteiger partial charge on any atom is -0.469 e. The number of carbonyl (C=O) groups is 2. The van der Waals surface area contributed by atoms with Gasteiger partial charge in [0.15, 0.2) is 0 Å². The predicted octanol–water partition coefficient (Wildman–Crippen LogP) is 14.5. The molecule has 0 aromatic rings. The van der Waals surface area contributed by atoms with Gasteiger partial charge < -0.3 is 19.1 Å². The van der Waals surface area contributed by atoms with Crippen LogP contribution in [0.3, 0.4) is 0 Å². The van der Waals surface area contributed by atoms with Crippen molar-refractivity contribution >= 4 is 11.9 Å². The zero-order valence-electron chi connectivity index (χ0n) is 37.3. The molecule has 0 aromatic heterocycles. The lowest BCUT2D eigenvalue weighted by atomic mass is 10.0. The molecule has 1 rings (SSSR count). The Bertz CT molecular complexity index is 821. The molecule has 0 saturated heterocycles. The number of nitrogens with zero attached hydrogens (tertiary/aromatic N) is 1. The largest absolute Gasteiger partial charge is 0.469 e. The SMILES string of the molecule is CCCCCCCCCCCCCCCCCCC(=O)OCCCN(CCCOC1CC1CCCCCCCCCCCCCCCCC)CCC(=O)OC. The second-order valence-corrected chi connectivity index (χ2v) is 17.3. The lowest BCUT2D eigenvalue weighted by molar-refractivity contribution is -0.144. The summed E-state index contributed by atoms with van der Waals surface area (Å²) in [5.74, 6) is 0.528. The fourth-order valence-electron chi connectivity index (χ4n) is 8.08. The molecule has 1 aliphatic rings. The number of methoxy groups -OCH3 is 1. The van der Waals surface area contributed by atoms with Gasteiger partial charge >= 0.3 is 11.9 Å². The molecular formula is C49H95NO5. The van der Waals surface area contributed by atoms with E-state index in [1.165, 1.54) is 206 Å². The van der Waals surface area contributed by atoms with Crippen LogP contribution in [0.25, 0.3) is 0 Å². The summed E-state index contributed by atoms with van der Waals surface area (Å²) in [5.41, 5.74) is 0. The summed E-state index contributed by atoms with van der Waals surface area (Å²) in [6, 6.07) is 0. The molecule has 0 amide bonds. The van der Waals surface area contributed by atoms with Gasteiger partial charge in [0.1, 0.15) is 0 Å². The smallest absolute Gasteiger partial charge is 0.306 e. The van der Waals surface area contributed by atoms with Gasteiger partial charge in [-0.25, -0.2) is 0 Å². The Morgan fingerprint density at radius 3 is 1.29 bits per heavy atom. The molecule has 1 aliphatic carbocycles. The van der Waals surface area contributed by atoms with Crippen LogP contribution < -0.4 is 0 Å². The van der Waals surface area contributed by atoms with E-state index in [1.54, 1.807) is 0 Å². The average Bonchev–Trinajstić information content (AvgIpc) is 3.95. The monoisotopic (exact) mass is 778 g/mol. The normalized spacial score (nSPS) is 15.2. The van der Waals surface area contributed by atoms with Crippen molar-refractivity contribution in [3.8, 4) is 0 Å². The number of rotatable bonds is 45. The van der Waals surface area contributed by atoms with E-state index >= 15 is 0 Å². The third kappa shape index (κ3) is 36.9. The molecule has 0 radical (unpaired) electrons. The molecule has 326 valence electrons. The van der Waals surface area contributed by atoms with Gasteiger partial charge in [-0.05, 0) is 38.0 Å². The van der Waals surface area contributed by atoms with Crippen LogP contribution in [0.5, 0.6) is 0 Å².